The van der Waals surface area contributed by atoms with E-state index in [0.717, 1.165) is 11.0 Å². The molecule has 0 bridgehead atoms. The Morgan fingerprint density at radius 2 is 2.25 bits per heavy atom. The number of phenolic OH excluding ortho intramolecular Hbond substituents is 1. The summed E-state index contributed by atoms with van der Waals surface area (Å²) >= 11 is 0. The van der Waals surface area contributed by atoms with Crippen molar-refractivity contribution in [2.24, 2.45) is 0 Å². The molecule has 2 heterocycles. The molecule has 98 valence electrons. The van der Waals surface area contributed by atoms with Gasteiger partial charge in [-0.25, -0.2) is 4.98 Å². The highest BCUT2D eigenvalue weighted by molar-refractivity contribution is 5.79. The smallest absolute Gasteiger partial charge is 0.174 e. The molecule has 3 aromatic rings. The Kier molecular flexibility index (Phi) is 2.94. The van der Waals surface area contributed by atoms with Crippen LogP contribution in [0.1, 0.15) is 0 Å². The average molecular weight is 266 g/mol. The van der Waals surface area contributed by atoms with Crippen LogP contribution in [0.25, 0.3) is 22.4 Å². The van der Waals surface area contributed by atoms with Crippen LogP contribution in [-0.2, 0) is 0 Å². The van der Waals surface area contributed by atoms with Gasteiger partial charge in [-0.15, -0.1) is 0 Å². The zero-order chi connectivity index (χ0) is 13.9. The lowest BCUT2D eigenvalue weighted by atomic mass is 10.2. The third-order valence-electron chi connectivity index (χ3n) is 2.81. The number of aromatic amines is 1. The van der Waals surface area contributed by atoms with Crippen molar-refractivity contribution in [1.29, 1.82) is 5.26 Å². The van der Waals surface area contributed by atoms with E-state index in [0.29, 0.717) is 17.1 Å². The van der Waals surface area contributed by atoms with Crippen LogP contribution in [0.2, 0.25) is 0 Å². The number of aromatic nitrogens is 3. The van der Waals surface area contributed by atoms with Gasteiger partial charge in [-0.05, 0) is 18.2 Å². The second-order valence-electron chi connectivity index (χ2n) is 4.10. The number of ether oxygens (including phenoxy) is 1. The van der Waals surface area contributed by atoms with Crippen molar-refractivity contribution >= 4 is 11.0 Å². The number of benzene rings is 1. The number of hydrogen-bond donors (Lipinski definition) is 2. The summed E-state index contributed by atoms with van der Waals surface area (Å²) in [5.41, 5.74) is 2.14. The molecule has 0 unspecified atom stereocenters. The molecule has 0 aliphatic carbocycles. The Labute approximate surface area is 114 Å². The van der Waals surface area contributed by atoms with E-state index in [2.05, 4.69) is 15.0 Å². The van der Waals surface area contributed by atoms with Crippen LogP contribution in [0.5, 0.6) is 11.5 Å². The fraction of sp³-hybridized carbons (Fsp3) is 0.0714. The van der Waals surface area contributed by atoms with Crippen molar-refractivity contribution in [3.63, 3.8) is 0 Å². The van der Waals surface area contributed by atoms with E-state index in [-0.39, 0.29) is 12.4 Å². The third kappa shape index (κ3) is 2.12. The molecular formula is C14H10N4O2. The second kappa shape index (κ2) is 4.90. The van der Waals surface area contributed by atoms with Crippen LogP contribution < -0.4 is 4.74 Å². The maximum Gasteiger partial charge on any atom is 0.174 e. The highest BCUT2D eigenvalue weighted by Gasteiger charge is 2.10. The summed E-state index contributed by atoms with van der Waals surface area (Å²) < 4.78 is 5.12. The highest BCUT2D eigenvalue weighted by atomic mass is 16.5. The lowest BCUT2D eigenvalue weighted by Gasteiger charge is -2.05. The van der Waals surface area contributed by atoms with Crippen molar-refractivity contribution in [3.8, 4) is 29.0 Å². The number of aromatic hydroxyl groups is 1. The van der Waals surface area contributed by atoms with Crippen LogP contribution in [-0.4, -0.2) is 26.7 Å². The molecule has 0 aliphatic heterocycles. The third-order valence-corrected chi connectivity index (χ3v) is 2.81. The standard InChI is InChI=1S/C14H10N4O2/c15-4-6-20-9-1-2-10(13(19)7-9)14-17-11-3-5-16-8-12(11)18-14/h1-3,5,7-8,19H,6H2,(H,17,18). The zero-order valence-electron chi connectivity index (χ0n) is 10.4. The number of nitrogens with one attached hydrogen (secondary N) is 1. The molecule has 2 N–H and O–H groups in total. The zero-order valence-corrected chi connectivity index (χ0v) is 10.4. The monoisotopic (exact) mass is 266 g/mol. The summed E-state index contributed by atoms with van der Waals surface area (Å²) in [7, 11) is 0. The van der Waals surface area contributed by atoms with E-state index in [1.54, 1.807) is 30.6 Å². The first kappa shape index (κ1) is 12.0. The molecule has 6 heteroatoms. The first-order valence-corrected chi connectivity index (χ1v) is 5.91. The van der Waals surface area contributed by atoms with E-state index in [4.69, 9.17) is 10.00 Å². The number of hydrogen-bond acceptors (Lipinski definition) is 5. The number of H-pyrrole nitrogens is 1. The second-order valence-corrected chi connectivity index (χ2v) is 4.10. The molecule has 6 nitrogen and oxygen atoms in total. The number of rotatable bonds is 3. The van der Waals surface area contributed by atoms with Gasteiger partial charge in [0.15, 0.2) is 6.61 Å². The summed E-state index contributed by atoms with van der Waals surface area (Å²) in [6.07, 6.45) is 3.33. The van der Waals surface area contributed by atoms with Gasteiger partial charge in [0.05, 0.1) is 22.8 Å². The molecule has 2 aromatic heterocycles. The summed E-state index contributed by atoms with van der Waals surface area (Å²) in [5.74, 6) is 1.02. The Bertz CT molecular complexity index is 771. The summed E-state index contributed by atoms with van der Waals surface area (Å²) in [4.78, 5) is 11.5. The van der Waals surface area contributed by atoms with E-state index in [1.807, 2.05) is 6.07 Å². The van der Waals surface area contributed by atoms with Crippen molar-refractivity contribution < 1.29 is 9.84 Å². The SMILES string of the molecule is N#CCOc1ccc(-c2nc3ccncc3[nH]2)c(O)c1. The van der Waals surface area contributed by atoms with Crippen LogP contribution in [0.4, 0.5) is 0 Å². The molecule has 0 radical (unpaired) electrons. The first-order chi connectivity index (χ1) is 9.78. The summed E-state index contributed by atoms with van der Waals surface area (Å²) in [6.45, 7) is -0.0604. The van der Waals surface area contributed by atoms with Crippen molar-refractivity contribution in [3.05, 3.63) is 36.7 Å². The fourth-order valence-electron chi connectivity index (χ4n) is 1.90. The topological polar surface area (TPSA) is 94.8 Å². The van der Waals surface area contributed by atoms with E-state index in [9.17, 15) is 5.11 Å². The number of fused-ring (bicyclic) bond motifs is 1. The molecular weight excluding hydrogens is 256 g/mol. The quantitative estimate of drug-likeness (QED) is 0.758. The molecule has 20 heavy (non-hydrogen) atoms. The Morgan fingerprint density at radius 1 is 1.35 bits per heavy atom. The van der Waals surface area contributed by atoms with Gasteiger partial charge in [-0.3, -0.25) is 4.98 Å². The van der Waals surface area contributed by atoms with Gasteiger partial charge in [0, 0.05) is 12.3 Å². The molecule has 0 atom stereocenters. The average Bonchev–Trinajstić information content (AvgIpc) is 2.88. The number of phenols is 1. The number of imidazole rings is 1. The molecule has 0 aliphatic rings. The van der Waals surface area contributed by atoms with Gasteiger partial charge in [-0.1, -0.05) is 0 Å². The van der Waals surface area contributed by atoms with Gasteiger partial charge in [-0.2, -0.15) is 5.26 Å². The van der Waals surface area contributed by atoms with Crippen molar-refractivity contribution in [2.75, 3.05) is 6.61 Å². The van der Waals surface area contributed by atoms with E-state index >= 15 is 0 Å². The predicted octanol–water partition coefficient (Wildman–Crippen LogP) is 2.23. The minimum Gasteiger partial charge on any atom is -0.507 e. The van der Waals surface area contributed by atoms with Gasteiger partial charge in [0.2, 0.25) is 0 Å². The maximum absolute atomic E-state index is 10.0. The van der Waals surface area contributed by atoms with Gasteiger partial charge in [0.1, 0.15) is 23.4 Å². The predicted molar refractivity (Wildman–Crippen MR) is 72.1 cm³/mol. The fourth-order valence-corrected chi connectivity index (χ4v) is 1.90. The van der Waals surface area contributed by atoms with E-state index in [1.165, 1.54) is 6.07 Å². The number of nitrogens with zero attached hydrogens (tertiary/aromatic N) is 3. The van der Waals surface area contributed by atoms with Crippen molar-refractivity contribution in [2.45, 2.75) is 0 Å². The normalized spacial score (nSPS) is 10.3. The van der Waals surface area contributed by atoms with Gasteiger partial charge >= 0.3 is 0 Å². The first-order valence-electron chi connectivity index (χ1n) is 5.91. The van der Waals surface area contributed by atoms with Crippen molar-refractivity contribution in [1.82, 2.24) is 15.0 Å². The summed E-state index contributed by atoms with van der Waals surface area (Å²) in [5, 5.41) is 18.5. The Balaban J connectivity index is 1.99. The lowest BCUT2D eigenvalue weighted by molar-refractivity contribution is 0.364. The Morgan fingerprint density at radius 3 is 3.00 bits per heavy atom. The Hall–Kier alpha value is -3.07. The highest BCUT2D eigenvalue weighted by Crippen LogP contribution is 2.31. The van der Waals surface area contributed by atoms with Crippen LogP contribution in [0.3, 0.4) is 0 Å². The summed E-state index contributed by atoms with van der Waals surface area (Å²) in [6, 6.07) is 8.48. The molecule has 0 saturated carbocycles. The minimum absolute atomic E-state index is 0.0347. The molecule has 0 fully saturated rings. The molecule has 3 rings (SSSR count). The van der Waals surface area contributed by atoms with Crippen LogP contribution in [0, 0.1) is 11.3 Å². The number of pyridine rings is 1. The lowest BCUT2D eigenvalue weighted by Crippen LogP contribution is -1.93. The molecule has 0 saturated heterocycles. The molecule has 0 amide bonds. The molecule has 0 spiro atoms. The largest absolute Gasteiger partial charge is 0.507 e. The van der Waals surface area contributed by atoms with Crippen LogP contribution >= 0.6 is 0 Å². The maximum atomic E-state index is 10.0. The van der Waals surface area contributed by atoms with Crippen LogP contribution in [0.15, 0.2) is 36.7 Å². The van der Waals surface area contributed by atoms with Gasteiger partial charge < -0.3 is 14.8 Å². The minimum atomic E-state index is -0.0604. The molecule has 1 aromatic carbocycles. The van der Waals surface area contributed by atoms with Gasteiger partial charge in [0.25, 0.3) is 0 Å². The number of nitriles is 1. The van der Waals surface area contributed by atoms with E-state index < -0.39 is 0 Å².